The van der Waals surface area contributed by atoms with Gasteiger partial charge in [0.2, 0.25) is 0 Å². The molecule has 0 bridgehead atoms. The summed E-state index contributed by atoms with van der Waals surface area (Å²) in [5.74, 6) is 0. The van der Waals surface area contributed by atoms with Crippen LogP contribution in [0, 0.1) is 0 Å². The highest BCUT2D eigenvalue weighted by Gasteiger charge is 2.12. The number of hydrogen-bond donors (Lipinski definition) is 2. The lowest BCUT2D eigenvalue weighted by molar-refractivity contribution is 0.0767. The highest BCUT2D eigenvalue weighted by atomic mass is 16.3. The molecule has 0 radical (unpaired) electrons. The van der Waals surface area contributed by atoms with Crippen molar-refractivity contribution in [1.82, 2.24) is 5.32 Å². The summed E-state index contributed by atoms with van der Waals surface area (Å²) in [6.07, 6.45) is 2.37. The number of aliphatic hydroxyl groups is 1. The Balaban J connectivity index is 3.38. The topological polar surface area (TPSA) is 32.3 Å². The van der Waals surface area contributed by atoms with Gasteiger partial charge in [-0.3, -0.25) is 0 Å². The molecule has 0 aliphatic heterocycles. The minimum Gasteiger partial charge on any atom is -0.389 e. The lowest BCUT2D eigenvalue weighted by Crippen LogP contribution is -2.39. The molecule has 0 rings (SSSR count). The first-order valence-electron chi connectivity index (χ1n) is 4.41. The van der Waals surface area contributed by atoms with Crippen LogP contribution in [0.25, 0.3) is 0 Å². The Hall–Kier alpha value is -0.0800. The summed E-state index contributed by atoms with van der Waals surface area (Å²) in [5.41, 5.74) is -0.581. The summed E-state index contributed by atoms with van der Waals surface area (Å²) in [6.45, 7) is 8.63. The summed E-state index contributed by atoms with van der Waals surface area (Å²) in [7, 11) is 0. The van der Waals surface area contributed by atoms with Gasteiger partial charge in [-0.2, -0.15) is 0 Å². The van der Waals surface area contributed by atoms with Crippen molar-refractivity contribution in [2.45, 2.75) is 52.2 Å². The molecule has 0 unspecified atom stereocenters. The van der Waals surface area contributed by atoms with Crippen LogP contribution in [0.5, 0.6) is 0 Å². The first-order chi connectivity index (χ1) is 4.95. The minimum atomic E-state index is -0.581. The van der Waals surface area contributed by atoms with E-state index in [-0.39, 0.29) is 0 Å². The van der Waals surface area contributed by atoms with Crippen molar-refractivity contribution in [1.29, 1.82) is 0 Å². The van der Waals surface area contributed by atoms with Crippen LogP contribution < -0.4 is 5.32 Å². The SMILES string of the molecule is CCC[C@@H](C)NCC(C)(C)O. The highest BCUT2D eigenvalue weighted by molar-refractivity contribution is 4.71. The van der Waals surface area contributed by atoms with Gasteiger partial charge in [0.15, 0.2) is 0 Å². The zero-order valence-corrected chi connectivity index (χ0v) is 8.15. The zero-order chi connectivity index (χ0) is 8.91. The van der Waals surface area contributed by atoms with Gasteiger partial charge in [0.25, 0.3) is 0 Å². The van der Waals surface area contributed by atoms with E-state index >= 15 is 0 Å². The summed E-state index contributed by atoms with van der Waals surface area (Å²) in [6, 6.07) is 0.520. The summed E-state index contributed by atoms with van der Waals surface area (Å²) in [5, 5.41) is 12.6. The van der Waals surface area contributed by atoms with Crippen molar-refractivity contribution in [3.63, 3.8) is 0 Å². The highest BCUT2D eigenvalue weighted by Crippen LogP contribution is 2.00. The van der Waals surface area contributed by atoms with E-state index in [2.05, 4.69) is 19.2 Å². The van der Waals surface area contributed by atoms with E-state index in [4.69, 9.17) is 0 Å². The van der Waals surface area contributed by atoms with Crippen LogP contribution in [0.1, 0.15) is 40.5 Å². The van der Waals surface area contributed by atoms with E-state index < -0.39 is 5.60 Å². The molecule has 68 valence electrons. The molecule has 0 aliphatic rings. The van der Waals surface area contributed by atoms with Gasteiger partial charge in [-0.25, -0.2) is 0 Å². The van der Waals surface area contributed by atoms with Gasteiger partial charge in [0.1, 0.15) is 0 Å². The van der Waals surface area contributed by atoms with Crippen LogP contribution in [-0.4, -0.2) is 23.3 Å². The van der Waals surface area contributed by atoms with E-state index in [0.29, 0.717) is 12.6 Å². The van der Waals surface area contributed by atoms with Gasteiger partial charge < -0.3 is 10.4 Å². The van der Waals surface area contributed by atoms with E-state index in [9.17, 15) is 5.11 Å². The summed E-state index contributed by atoms with van der Waals surface area (Å²) >= 11 is 0. The van der Waals surface area contributed by atoms with Gasteiger partial charge in [0.05, 0.1) is 5.60 Å². The van der Waals surface area contributed by atoms with E-state index in [0.717, 1.165) is 0 Å². The molecule has 0 saturated heterocycles. The van der Waals surface area contributed by atoms with Gasteiger partial charge >= 0.3 is 0 Å². The fourth-order valence-electron chi connectivity index (χ4n) is 0.959. The van der Waals surface area contributed by atoms with Crippen molar-refractivity contribution >= 4 is 0 Å². The van der Waals surface area contributed by atoms with E-state index in [1.54, 1.807) is 0 Å². The number of nitrogens with one attached hydrogen (secondary N) is 1. The molecule has 0 aromatic carbocycles. The second-order valence-electron chi connectivity index (χ2n) is 3.88. The Bertz CT molecular complexity index is 96.2. The van der Waals surface area contributed by atoms with Gasteiger partial charge in [-0.15, -0.1) is 0 Å². The maximum atomic E-state index is 9.37. The molecule has 1 atom stereocenters. The Labute approximate surface area is 70.0 Å². The molecule has 0 aromatic rings. The van der Waals surface area contributed by atoms with Crippen molar-refractivity contribution in [2.24, 2.45) is 0 Å². The molecular weight excluding hydrogens is 138 g/mol. The largest absolute Gasteiger partial charge is 0.389 e. The fourth-order valence-corrected chi connectivity index (χ4v) is 0.959. The maximum Gasteiger partial charge on any atom is 0.0715 e. The molecule has 2 heteroatoms. The van der Waals surface area contributed by atoms with Crippen LogP contribution in [0.15, 0.2) is 0 Å². The van der Waals surface area contributed by atoms with Gasteiger partial charge in [-0.1, -0.05) is 13.3 Å². The van der Waals surface area contributed by atoms with Gasteiger partial charge in [0, 0.05) is 12.6 Å². The monoisotopic (exact) mass is 159 g/mol. The molecule has 0 aliphatic carbocycles. The quantitative estimate of drug-likeness (QED) is 0.637. The standard InChI is InChI=1S/C9H21NO/c1-5-6-8(2)10-7-9(3,4)11/h8,10-11H,5-7H2,1-4H3/t8-/m1/s1. The zero-order valence-electron chi connectivity index (χ0n) is 8.15. The van der Waals surface area contributed by atoms with Gasteiger partial charge in [-0.05, 0) is 27.2 Å². The third kappa shape index (κ3) is 7.82. The predicted octanol–water partition coefficient (Wildman–Crippen LogP) is 1.54. The molecule has 0 amide bonds. The van der Waals surface area contributed by atoms with Crippen LogP contribution in [-0.2, 0) is 0 Å². The fraction of sp³-hybridized carbons (Fsp3) is 1.00. The van der Waals surface area contributed by atoms with Crippen molar-refractivity contribution < 1.29 is 5.11 Å². The Kier molecular flexibility index (Phi) is 4.69. The Morgan fingerprint density at radius 1 is 1.45 bits per heavy atom. The predicted molar refractivity (Wildman–Crippen MR) is 48.7 cm³/mol. The Morgan fingerprint density at radius 2 is 2.00 bits per heavy atom. The third-order valence-corrected chi connectivity index (χ3v) is 1.60. The average Bonchev–Trinajstić information content (AvgIpc) is 1.83. The summed E-state index contributed by atoms with van der Waals surface area (Å²) < 4.78 is 0. The number of hydrogen-bond acceptors (Lipinski definition) is 2. The second kappa shape index (κ2) is 4.73. The molecule has 0 fully saturated rings. The van der Waals surface area contributed by atoms with Crippen LogP contribution in [0.4, 0.5) is 0 Å². The van der Waals surface area contributed by atoms with Crippen molar-refractivity contribution in [3.8, 4) is 0 Å². The van der Waals surface area contributed by atoms with Crippen molar-refractivity contribution in [3.05, 3.63) is 0 Å². The van der Waals surface area contributed by atoms with E-state index in [1.807, 2.05) is 13.8 Å². The lowest BCUT2D eigenvalue weighted by atomic mass is 10.1. The van der Waals surface area contributed by atoms with Crippen LogP contribution >= 0.6 is 0 Å². The second-order valence-corrected chi connectivity index (χ2v) is 3.88. The smallest absolute Gasteiger partial charge is 0.0715 e. The van der Waals surface area contributed by atoms with Crippen LogP contribution in [0.2, 0.25) is 0 Å². The Morgan fingerprint density at radius 3 is 2.36 bits per heavy atom. The molecular formula is C9H21NO. The average molecular weight is 159 g/mol. The summed E-state index contributed by atoms with van der Waals surface area (Å²) in [4.78, 5) is 0. The lowest BCUT2D eigenvalue weighted by Gasteiger charge is -2.21. The molecule has 0 heterocycles. The normalized spacial score (nSPS) is 15.0. The molecule has 11 heavy (non-hydrogen) atoms. The maximum absolute atomic E-state index is 9.37. The first kappa shape index (κ1) is 10.9. The van der Waals surface area contributed by atoms with Crippen molar-refractivity contribution in [2.75, 3.05) is 6.54 Å². The minimum absolute atomic E-state index is 0.520. The molecule has 2 nitrogen and oxygen atoms in total. The number of rotatable bonds is 5. The third-order valence-electron chi connectivity index (χ3n) is 1.60. The van der Waals surface area contributed by atoms with Crippen LogP contribution in [0.3, 0.4) is 0 Å². The molecule has 0 aromatic heterocycles. The molecule has 0 saturated carbocycles. The molecule has 0 spiro atoms. The van der Waals surface area contributed by atoms with E-state index in [1.165, 1.54) is 12.8 Å². The molecule has 2 N–H and O–H groups in total. The first-order valence-corrected chi connectivity index (χ1v) is 4.41.